The number of benzene rings is 1. The summed E-state index contributed by atoms with van der Waals surface area (Å²) in [6.45, 7) is 7.90. The number of anilines is 1. The van der Waals surface area contributed by atoms with Crippen LogP contribution in [0.1, 0.15) is 20.8 Å². The fourth-order valence-electron chi connectivity index (χ4n) is 1.25. The van der Waals surface area contributed by atoms with E-state index in [2.05, 4.69) is 24.5 Å². The maximum atomic E-state index is 5.39. The monoisotopic (exact) mass is 222 g/mol. The van der Waals surface area contributed by atoms with Gasteiger partial charge in [-0.25, -0.2) is 0 Å². The molecule has 0 fully saturated rings. The Balaban J connectivity index is 2.49. The summed E-state index contributed by atoms with van der Waals surface area (Å²) in [7, 11) is 1.97. The first kappa shape index (κ1) is 12.8. The standard InChI is InChI=1S/C13H22N2O/c1-5-16-12-8-6-11(7-9-12)15-10-13(2,3)14-4/h6-9,14-15H,5,10H2,1-4H3. The minimum atomic E-state index is 0.0958. The van der Waals surface area contributed by atoms with Crippen LogP contribution in [-0.2, 0) is 0 Å². The number of ether oxygens (including phenoxy) is 1. The lowest BCUT2D eigenvalue weighted by atomic mass is 10.1. The molecule has 0 amide bonds. The third-order valence-corrected chi connectivity index (χ3v) is 2.58. The normalized spacial score (nSPS) is 11.2. The molecule has 0 aromatic heterocycles. The highest BCUT2D eigenvalue weighted by molar-refractivity contribution is 5.46. The Labute approximate surface area is 98.2 Å². The molecule has 0 atom stereocenters. The molecule has 2 N–H and O–H groups in total. The third-order valence-electron chi connectivity index (χ3n) is 2.58. The second-order valence-corrected chi connectivity index (χ2v) is 4.44. The smallest absolute Gasteiger partial charge is 0.119 e. The van der Waals surface area contributed by atoms with Crippen LogP contribution in [0.3, 0.4) is 0 Å². The van der Waals surface area contributed by atoms with Crippen LogP contribution in [-0.4, -0.2) is 25.7 Å². The Morgan fingerprint density at radius 3 is 2.31 bits per heavy atom. The largest absolute Gasteiger partial charge is 0.494 e. The Morgan fingerprint density at radius 1 is 1.19 bits per heavy atom. The highest BCUT2D eigenvalue weighted by Crippen LogP contribution is 2.16. The van der Waals surface area contributed by atoms with Gasteiger partial charge < -0.3 is 15.4 Å². The summed E-state index contributed by atoms with van der Waals surface area (Å²) in [5.41, 5.74) is 1.21. The Bertz CT molecular complexity index is 306. The maximum Gasteiger partial charge on any atom is 0.119 e. The van der Waals surface area contributed by atoms with Crippen molar-refractivity contribution >= 4 is 5.69 Å². The van der Waals surface area contributed by atoms with Crippen LogP contribution in [0, 0.1) is 0 Å². The van der Waals surface area contributed by atoms with E-state index >= 15 is 0 Å². The van der Waals surface area contributed by atoms with Gasteiger partial charge in [0.15, 0.2) is 0 Å². The summed E-state index contributed by atoms with van der Waals surface area (Å²) in [6, 6.07) is 8.05. The first-order valence-electron chi connectivity index (χ1n) is 5.73. The Morgan fingerprint density at radius 2 is 1.81 bits per heavy atom. The maximum absolute atomic E-state index is 5.39. The minimum Gasteiger partial charge on any atom is -0.494 e. The van der Waals surface area contributed by atoms with E-state index < -0.39 is 0 Å². The third kappa shape index (κ3) is 4.11. The van der Waals surface area contributed by atoms with E-state index in [-0.39, 0.29) is 5.54 Å². The van der Waals surface area contributed by atoms with Gasteiger partial charge in [0.1, 0.15) is 5.75 Å². The number of hydrogen-bond donors (Lipinski definition) is 2. The zero-order chi connectivity index (χ0) is 12.0. The van der Waals surface area contributed by atoms with Crippen LogP contribution in [0.25, 0.3) is 0 Å². The van der Waals surface area contributed by atoms with Gasteiger partial charge >= 0.3 is 0 Å². The van der Waals surface area contributed by atoms with Crippen molar-refractivity contribution < 1.29 is 4.74 Å². The molecule has 16 heavy (non-hydrogen) atoms. The van der Waals surface area contributed by atoms with Crippen LogP contribution < -0.4 is 15.4 Å². The van der Waals surface area contributed by atoms with E-state index in [0.29, 0.717) is 6.61 Å². The van der Waals surface area contributed by atoms with E-state index in [9.17, 15) is 0 Å². The van der Waals surface area contributed by atoms with E-state index in [4.69, 9.17) is 4.74 Å². The Kier molecular flexibility index (Phi) is 4.62. The second kappa shape index (κ2) is 5.75. The molecule has 0 saturated heterocycles. The minimum absolute atomic E-state index is 0.0958. The van der Waals surface area contributed by atoms with Crippen molar-refractivity contribution in [1.82, 2.24) is 5.32 Å². The molecule has 3 heteroatoms. The van der Waals surface area contributed by atoms with Gasteiger partial charge in [0, 0.05) is 17.8 Å². The van der Waals surface area contributed by atoms with Crippen molar-refractivity contribution in [2.75, 3.05) is 25.5 Å². The molecule has 0 heterocycles. The van der Waals surface area contributed by atoms with Gasteiger partial charge in [0.25, 0.3) is 0 Å². The molecule has 0 bridgehead atoms. The van der Waals surface area contributed by atoms with Crippen LogP contribution >= 0.6 is 0 Å². The van der Waals surface area contributed by atoms with Crippen LogP contribution in [0.4, 0.5) is 5.69 Å². The molecule has 3 nitrogen and oxygen atoms in total. The molecule has 0 aliphatic carbocycles. The highest BCUT2D eigenvalue weighted by atomic mass is 16.5. The molecular weight excluding hydrogens is 200 g/mol. The van der Waals surface area contributed by atoms with Gasteiger partial charge in [0.2, 0.25) is 0 Å². The SMILES string of the molecule is CCOc1ccc(NCC(C)(C)NC)cc1. The first-order chi connectivity index (χ1) is 7.57. The summed E-state index contributed by atoms with van der Waals surface area (Å²) in [4.78, 5) is 0. The zero-order valence-corrected chi connectivity index (χ0v) is 10.6. The topological polar surface area (TPSA) is 33.3 Å². The van der Waals surface area contributed by atoms with E-state index in [1.807, 2.05) is 38.2 Å². The van der Waals surface area contributed by atoms with Crippen molar-refractivity contribution in [1.29, 1.82) is 0 Å². The van der Waals surface area contributed by atoms with Gasteiger partial charge in [-0.1, -0.05) is 0 Å². The molecule has 1 rings (SSSR count). The highest BCUT2D eigenvalue weighted by Gasteiger charge is 2.13. The van der Waals surface area contributed by atoms with E-state index in [0.717, 1.165) is 18.0 Å². The summed E-state index contributed by atoms with van der Waals surface area (Å²) >= 11 is 0. The van der Waals surface area contributed by atoms with Crippen molar-refractivity contribution in [2.24, 2.45) is 0 Å². The molecule has 0 radical (unpaired) electrons. The van der Waals surface area contributed by atoms with Crippen molar-refractivity contribution in [3.8, 4) is 5.75 Å². The van der Waals surface area contributed by atoms with Gasteiger partial charge in [0.05, 0.1) is 6.61 Å². The second-order valence-electron chi connectivity index (χ2n) is 4.44. The molecule has 90 valence electrons. The van der Waals surface area contributed by atoms with Gasteiger partial charge in [-0.2, -0.15) is 0 Å². The van der Waals surface area contributed by atoms with E-state index in [1.54, 1.807) is 0 Å². The number of nitrogens with one attached hydrogen (secondary N) is 2. The predicted octanol–water partition coefficient (Wildman–Crippen LogP) is 2.50. The fraction of sp³-hybridized carbons (Fsp3) is 0.538. The van der Waals surface area contributed by atoms with Crippen molar-refractivity contribution in [2.45, 2.75) is 26.3 Å². The molecule has 0 aliphatic rings. The number of rotatable bonds is 6. The molecule has 1 aromatic rings. The number of likely N-dealkylation sites (N-methyl/N-ethyl adjacent to an activating group) is 1. The van der Waals surface area contributed by atoms with Gasteiger partial charge in [-0.3, -0.25) is 0 Å². The molecule has 0 unspecified atom stereocenters. The van der Waals surface area contributed by atoms with Gasteiger partial charge in [-0.05, 0) is 52.1 Å². The molecule has 0 spiro atoms. The average Bonchev–Trinajstić information content (AvgIpc) is 2.29. The molecule has 1 aromatic carbocycles. The van der Waals surface area contributed by atoms with Crippen LogP contribution in [0.5, 0.6) is 5.75 Å². The average molecular weight is 222 g/mol. The fourth-order valence-corrected chi connectivity index (χ4v) is 1.25. The van der Waals surface area contributed by atoms with Crippen LogP contribution in [0.2, 0.25) is 0 Å². The molecule has 0 aliphatic heterocycles. The molecular formula is C13H22N2O. The predicted molar refractivity (Wildman–Crippen MR) is 69.2 cm³/mol. The lowest BCUT2D eigenvalue weighted by Gasteiger charge is -2.24. The van der Waals surface area contributed by atoms with Gasteiger partial charge in [-0.15, -0.1) is 0 Å². The van der Waals surface area contributed by atoms with Crippen molar-refractivity contribution in [3.63, 3.8) is 0 Å². The quantitative estimate of drug-likeness (QED) is 0.776. The summed E-state index contributed by atoms with van der Waals surface area (Å²) < 4.78 is 5.39. The molecule has 0 saturated carbocycles. The van der Waals surface area contributed by atoms with Crippen LogP contribution in [0.15, 0.2) is 24.3 Å². The van der Waals surface area contributed by atoms with E-state index in [1.165, 1.54) is 0 Å². The first-order valence-corrected chi connectivity index (χ1v) is 5.73. The zero-order valence-electron chi connectivity index (χ0n) is 10.6. The summed E-state index contributed by atoms with van der Waals surface area (Å²) in [5.74, 6) is 0.918. The number of hydrogen-bond acceptors (Lipinski definition) is 3. The lowest BCUT2D eigenvalue weighted by Crippen LogP contribution is -2.42. The summed E-state index contributed by atoms with van der Waals surface area (Å²) in [5, 5.41) is 6.64. The van der Waals surface area contributed by atoms with Crippen molar-refractivity contribution in [3.05, 3.63) is 24.3 Å². The lowest BCUT2D eigenvalue weighted by molar-refractivity contribution is 0.340. The summed E-state index contributed by atoms with van der Waals surface area (Å²) in [6.07, 6.45) is 0. The Hall–Kier alpha value is -1.22.